The van der Waals surface area contributed by atoms with Crippen LogP contribution in [0.25, 0.3) is 0 Å². The molecular weight excluding hydrogens is 399 g/mol. The van der Waals surface area contributed by atoms with Crippen LogP contribution in [0, 0.1) is 5.92 Å². The number of hydrogen-bond acceptors (Lipinski definition) is 4. The maximum absolute atomic E-state index is 12.7. The number of likely N-dealkylation sites (tertiary alicyclic amines) is 1. The van der Waals surface area contributed by atoms with Crippen LogP contribution < -0.4 is 0 Å². The quantitative estimate of drug-likeness (QED) is 0.748. The standard InChI is InChI=1S/C17H20Cl2N2O4S/c1-20(8-11-2-3-14(18)15(19)6-11)17(23)12-7-16(22)21(9-12)13-4-5-26(24,25)10-13/h2-3,6,12-13H,4-5,7-10H2,1H3/t12-,13-/m1/s1. The summed E-state index contributed by atoms with van der Waals surface area (Å²) in [7, 11) is -1.39. The van der Waals surface area contributed by atoms with Crippen LogP contribution in [0.5, 0.6) is 0 Å². The van der Waals surface area contributed by atoms with E-state index < -0.39 is 15.8 Å². The monoisotopic (exact) mass is 418 g/mol. The predicted molar refractivity (Wildman–Crippen MR) is 99.8 cm³/mol. The minimum Gasteiger partial charge on any atom is -0.341 e. The van der Waals surface area contributed by atoms with Crippen molar-refractivity contribution >= 4 is 44.9 Å². The highest BCUT2D eigenvalue weighted by atomic mass is 35.5. The number of amides is 2. The average molecular weight is 419 g/mol. The fraction of sp³-hybridized carbons (Fsp3) is 0.529. The minimum absolute atomic E-state index is 0.00123. The van der Waals surface area contributed by atoms with Gasteiger partial charge in [-0.2, -0.15) is 0 Å². The van der Waals surface area contributed by atoms with Gasteiger partial charge in [-0.3, -0.25) is 9.59 Å². The molecule has 1 aromatic rings. The topological polar surface area (TPSA) is 74.8 Å². The summed E-state index contributed by atoms with van der Waals surface area (Å²) in [5, 5.41) is 0.877. The van der Waals surface area contributed by atoms with E-state index >= 15 is 0 Å². The molecule has 3 rings (SSSR count). The molecule has 2 aliphatic rings. The number of carbonyl (C=O) groups is 2. The van der Waals surface area contributed by atoms with Crippen LogP contribution in [0.1, 0.15) is 18.4 Å². The van der Waals surface area contributed by atoms with E-state index in [1.54, 1.807) is 35.0 Å². The third-order valence-corrected chi connectivity index (χ3v) is 7.43. The summed E-state index contributed by atoms with van der Waals surface area (Å²) in [4.78, 5) is 28.1. The molecule has 2 amide bonds. The maximum atomic E-state index is 12.7. The van der Waals surface area contributed by atoms with Gasteiger partial charge in [-0.1, -0.05) is 29.3 Å². The van der Waals surface area contributed by atoms with Crippen LogP contribution in [-0.2, 0) is 26.0 Å². The van der Waals surface area contributed by atoms with Crippen LogP contribution >= 0.6 is 23.2 Å². The lowest BCUT2D eigenvalue weighted by Gasteiger charge is -2.24. The van der Waals surface area contributed by atoms with Gasteiger partial charge in [0.15, 0.2) is 9.84 Å². The molecule has 2 heterocycles. The van der Waals surface area contributed by atoms with E-state index in [4.69, 9.17) is 23.2 Å². The van der Waals surface area contributed by atoms with Gasteiger partial charge in [0.05, 0.1) is 27.5 Å². The molecule has 0 bridgehead atoms. The predicted octanol–water partition coefficient (Wildman–Crippen LogP) is 1.99. The molecule has 0 aromatic heterocycles. The van der Waals surface area contributed by atoms with Crippen molar-refractivity contribution in [2.45, 2.75) is 25.4 Å². The van der Waals surface area contributed by atoms with Crippen molar-refractivity contribution in [3.05, 3.63) is 33.8 Å². The van der Waals surface area contributed by atoms with E-state index in [-0.39, 0.29) is 42.3 Å². The van der Waals surface area contributed by atoms with Crippen LogP contribution in [0.15, 0.2) is 18.2 Å². The van der Waals surface area contributed by atoms with Crippen molar-refractivity contribution < 1.29 is 18.0 Å². The lowest BCUT2D eigenvalue weighted by Crippen LogP contribution is -2.39. The molecule has 2 aliphatic heterocycles. The van der Waals surface area contributed by atoms with Crippen molar-refractivity contribution in [1.82, 2.24) is 9.80 Å². The number of rotatable bonds is 4. The Morgan fingerprint density at radius 2 is 2.04 bits per heavy atom. The van der Waals surface area contributed by atoms with Crippen molar-refractivity contribution in [3.8, 4) is 0 Å². The fourth-order valence-corrected chi connectivity index (χ4v) is 5.62. The summed E-state index contributed by atoms with van der Waals surface area (Å²) in [5.41, 5.74) is 0.846. The first-order valence-corrected chi connectivity index (χ1v) is 10.9. The van der Waals surface area contributed by atoms with Gasteiger partial charge in [0.2, 0.25) is 11.8 Å². The molecule has 9 heteroatoms. The number of benzene rings is 1. The molecule has 0 spiro atoms. The molecule has 6 nitrogen and oxygen atoms in total. The molecule has 2 saturated heterocycles. The van der Waals surface area contributed by atoms with Crippen LogP contribution in [0.4, 0.5) is 0 Å². The van der Waals surface area contributed by atoms with Crippen molar-refractivity contribution in [2.24, 2.45) is 5.92 Å². The largest absolute Gasteiger partial charge is 0.341 e. The zero-order chi connectivity index (χ0) is 19.1. The van der Waals surface area contributed by atoms with Gasteiger partial charge in [0, 0.05) is 32.6 Å². The lowest BCUT2D eigenvalue weighted by molar-refractivity contribution is -0.135. The zero-order valence-electron chi connectivity index (χ0n) is 14.3. The van der Waals surface area contributed by atoms with Crippen LogP contribution in [0.2, 0.25) is 10.0 Å². The smallest absolute Gasteiger partial charge is 0.228 e. The maximum Gasteiger partial charge on any atom is 0.228 e. The highest BCUT2D eigenvalue weighted by molar-refractivity contribution is 7.91. The Kier molecular flexibility index (Phi) is 5.51. The van der Waals surface area contributed by atoms with Crippen molar-refractivity contribution in [3.63, 3.8) is 0 Å². The number of sulfone groups is 1. The van der Waals surface area contributed by atoms with E-state index in [0.717, 1.165) is 5.56 Å². The lowest BCUT2D eigenvalue weighted by atomic mass is 10.1. The molecule has 0 unspecified atom stereocenters. The number of carbonyl (C=O) groups excluding carboxylic acids is 2. The molecule has 26 heavy (non-hydrogen) atoms. The SMILES string of the molecule is CN(Cc1ccc(Cl)c(Cl)c1)C(=O)[C@@H]1CC(=O)N([C@@H]2CCS(=O)(=O)C2)C1. The molecule has 2 fully saturated rings. The second kappa shape index (κ2) is 7.37. The summed E-state index contributed by atoms with van der Waals surface area (Å²) in [6.45, 7) is 0.641. The Balaban J connectivity index is 1.63. The molecule has 0 aliphatic carbocycles. The second-order valence-corrected chi connectivity index (χ2v) is 9.99. The Labute approximate surface area is 163 Å². The first-order valence-electron chi connectivity index (χ1n) is 8.35. The van der Waals surface area contributed by atoms with Gasteiger partial charge in [0.1, 0.15) is 0 Å². The second-order valence-electron chi connectivity index (χ2n) is 6.95. The fourth-order valence-electron chi connectivity index (χ4n) is 3.57. The molecule has 1 aromatic carbocycles. The summed E-state index contributed by atoms with van der Waals surface area (Å²) >= 11 is 11.9. The Hall–Kier alpha value is -1.31. The van der Waals surface area contributed by atoms with E-state index in [0.29, 0.717) is 23.0 Å². The van der Waals surface area contributed by atoms with E-state index in [2.05, 4.69) is 0 Å². The van der Waals surface area contributed by atoms with Gasteiger partial charge in [-0.15, -0.1) is 0 Å². The van der Waals surface area contributed by atoms with Gasteiger partial charge >= 0.3 is 0 Å². The van der Waals surface area contributed by atoms with Gasteiger partial charge in [-0.25, -0.2) is 8.42 Å². The Morgan fingerprint density at radius 1 is 1.31 bits per heavy atom. The number of hydrogen-bond donors (Lipinski definition) is 0. The summed E-state index contributed by atoms with van der Waals surface area (Å²) in [6, 6.07) is 4.89. The highest BCUT2D eigenvalue weighted by Crippen LogP contribution is 2.28. The van der Waals surface area contributed by atoms with Gasteiger partial charge in [0.25, 0.3) is 0 Å². The molecule has 142 valence electrons. The summed E-state index contributed by atoms with van der Waals surface area (Å²) in [5.74, 6) is -0.615. The molecule has 0 N–H and O–H groups in total. The van der Waals surface area contributed by atoms with Crippen LogP contribution in [-0.4, -0.2) is 61.2 Å². The molecular formula is C17H20Cl2N2O4S. The highest BCUT2D eigenvalue weighted by Gasteiger charge is 2.42. The number of halogens is 2. The van der Waals surface area contributed by atoms with Gasteiger partial charge < -0.3 is 9.80 Å². The van der Waals surface area contributed by atoms with Gasteiger partial charge in [-0.05, 0) is 24.1 Å². The first-order chi connectivity index (χ1) is 12.2. The van der Waals surface area contributed by atoms with E-state index in [9.17, 15) is 18.0 Å². The Bertz CT molecular complexity index is 843. The summed E-state index contributed by atoms with van der Waals surface area (Å²) < 4.78 is 23.3. The third kappa shape index (κ3) is 4.15. The van der Waals surface area contributed by atoms with E-state index in [1.165, 1.54) is 0 Å². The molecule has 0 radical (unpaired) electrons. The normalized spacial score (nSPS) is 24.9. The molecule has 0 saturated carbocycles. The number of nitrogens with zero attached hydrogens (tertiary/aromatic N) is 2. The van der Waals surface area contributed by atoms with Crippen molar-refractivity contribution in [1.29, 1.82) is 0 Å². The minimum atomic E-state index is -3.07. The Morgan fingerprint density at radius 3 is 2.65 bits per heavy atom. The first kappa shape index (κ1) is 19.5. The third-order valence-electron chi connectivity index (χ3n) is 4.94. The zero-order valence-corrected chi connectivity index (χ0v) is 16.6. The molecule has 2 atom stereocenters. The van der Waals surface area contributed by atoms with Crippen molar-refractivity contribution in [2.75, 3.05) is 25.1 Å². The average Bonchev–Trinajstić information content (AvgIpc) is 3.12. The summed E-state index contributed by atoms with van der Waals surface area (Å²) in [6.07, 6.45) is 0.579. The van der Waals surface area contributed by atoms with E-state index in [1.807, 2.05) is 0 Å². The van der Waals surface area contributed by atoms with Crippen LogP contribution in [0.3, 0.4) is 0 Å².